The quantitative estimate of drug-likeness (QED) is 0.864. The highest BCUT2D eigenvalue weighted by molar-refractivity contribution is 5.67. The van der Waals surface area contributed by atoms with E-state index in [0.717, 1.165) is 31.7 Å². The van der Waals surface area contributed by atoms with Crippen LogP contribution in [-0.4, -0.2) is 51.7 Å². The molecule has 1 N–H and O–H groups in total. The van der Waals surface area contributed by atoms with Gasteiger partial charge in [-0.2, -0.15) is 0 Å². The van der Waals surface area contributed by atoms with Crippen molar-refractivity contribution in [2.24, 2.45) is 7.05 Å². The molecule has 1 aliphatic heterocycles. The van der Waals surface area contributed by atoms with Crippen LogP contribution in [0.25, 0.3) is 0 Å². The van der Waals surface area contributed by atoms with Gasteiger partial charge in [0.2, 0.25) is 0 Å². The number of piperidine rings is 1. The van der Waals surface area contributed by atoms with Crippen LogP contribution in [0.2, 0.25) is 0 Å². The van der Waals surface area contributed by atoms with E-state index in [1.54, 1.807) is 15.8 Å². The molecular formula is C11H19N5O2. The van der Waals surface area contributed by atoms with Crippen LogP contribution in [0.1, 0.15) is 19.8 Å². The smallest absolute Gasteiger partial charge is 0.409 e. The summed E-state index contributed by atoms with van der Waals surface area (Å²) >= 11 is 0. The molecule has 7 heteroatoms. The van der Waals surface area contributed by atoms with Gasteiger partial charge in [0.25, 0.3) is 0 Å². The average Bonchev–Trinajstić information content (AvgIpc) is 2.76. The highest BCUT2D eigenvalue weighted by Crippen LogP contribution is 2.15. The molecular weight excluding hydrogens is 234 g/mol. The van der Waals surface area contributed by atoms with Gasteiger partial charge < -0.3 is 15.0 Å². The van der Waals surface area contributed by atoms with Crippen molar-refractivity contribution < 1.29 is 9.53 Å². The van der Waals surface area contributed by atoms with Crippen molar-refractivity contribution in [3.8, 4) is 0 Å². The monoisotopic (exact) mass is 253 g/mol. The van der Waals surface area contributed by atoms with Crippen molar-refractivity contribution in [1.29, 1.82) is 0 Å². The van der Waals surface area contributed by atoms with Crippen LogP contribution >= 0.6 is 0 Å². The molecule has 1 saturated heterocycles. The predicted octanol–water partition coefficient (Wildman–Crippen LogP) is 0.848. The number of nitrogens with one attached hydrogen (secondary N) is 1. The van der Waals surface area contributed by atoms with E-state index in [1.807, 2.05) is 14.0 Å². The number of hydrogen-bond donors (Lipinski definition) is 1. The zero-order valence-electron chi connectivity index (χ0n) is 10.8. The van der Waals surface area contributed by atoms with Crippen LogP contribution in [-0.2, 0) is 11.8 Å². The van der Waals surface area contributed by atoms with Gasteiger partial charge in [-0.3, -0.25) is 0 Å². The van der Waals surface area contributed by atoms with Crippen molar-refractivity contribution in [3.63, 3.8) is 0 Å². The Morgan fingerprint density at radius 1 is 1.56 bits per heavy atom. The van der Waals surface area contributed by atoms with Gasteiger partial charge in [0.1, 0.15) is 5.82 Å². The summed E-state index contributed by atoms with van der Waals surface area (Å²) in [6.07, 6.45) is 3.31. The minimum Gasteiger partial charge on any atom is -0.450 e. The summed E-state index contributed by atoms with van der Waals surface area (Å²) in [5.74, 6) is 0.907. The molecule has 0 unspecified atom stereocenters. The summed E-state index contributed by atoms with van der Waals surface area (Å²) in [5, 5.41) is 11.1. The Bertz CT molecular complexity index is 398. The molecule has 100 valence electrons. The lowest BCUT2D eigenvalue weighted by Gasteiger charge is -2.31. The van der Waals surface area contributed by atoms with E-state index < -0.39 is 0 Å². The van der Waals surface area contributed by atoms with Crippen LogP contribution in [0.15, 0.2) is 6.20 Å². The first-order valence-electron chi connectivity index (χ1n) is 6.23. The minimum atomic E-state index is -0.210. The molecule has 18 heavy (non-hydrogen) atoms. The molecule has 0 spiro atoms. The molecule has 0 atom stereocenters. The first-order valence-corrected chi connectivity index (χ1v) is 6.23. The lowest BCUT2D eigenvalue weighted by atomic mass is 10.1. The zero-order valence-corrected chi connectivity index (χ0v) is 10.8. The second kappa shape index (κ2) is 5.70. The Balaban J connectivity index is 1.80. The van der Waals surface area contributed by atoms with Gasteiger partial charge in [0.15, 0.2) is 0 Å². The van der Waals surface area contributed by atoms with Gasteiger partial charge in [-0.05, 0) is 19.8 Å². The molecule has 7 nitrogen and oxygen atoms in total. The number of nitrogens with zero attached hydrogens (tertiary/aromatic N) is 4. The Kier molecular flexibility index (Phi) is 4.01. The fraction of sp³-hybridized carbons (Fsp3) is 0.727. The third kappa shape index (κ3) is 2.91. The number of aromatic nitrogens is 3. The topological polar surface area (TPSA) is 72.3 Å². The van der Waals surface area contributed by atoms with Gasteiger partial charge in [-0.1, -0.05) is 5.21 Å². The van der Waals surface area contributed by atoms with Crippen LogP contribution in [0.5, 0.6) is 0 Å². The van der Waals surface area contributed by atoms with Crippen molar-refractivity contribution in [3.05, 3.63) is 6.20 Å². The number of aryl methyl sites for hydroxylation is 1. The first-order chi connectivity index (χ1) is 8.70. The molecule has 1 aliphatic rings. The van der Waals surface area contributed by atoms with E-state index in [9.17, 15) is 4.79 Å². The number of carbonyl (C=O) groups excluding carboxylic acids is 1. The normalized spacial score (nSPS) is 16.7. The minimum absolute atomic E-state index is 0.210. The third-order valence-corrected chi connectivity index (χ3v) is 3.09. The van der Waals surface area contributed by atoms with Gasteiger partial charge in [-0.25, -0.2) is 9.48 Å². The first kappa shape index (κ1) is 12.7. The van der Waals surface area contributed by atoms with E-state index in [1.165, 1.54) is 0 Å². The summed E-state index contributed by atoms with van der Waals surface area (Å²) in [6, 6.07) is 0.355. The predicted molar refractivity (Wildman–Crippen MR) is 66.2 cm³/mol. The Hall–Kier alpha value is -1.79. The number of ether oxygens (including phenoxy) is 1. The largest absolute Gasteiger partial charge is 0.450 e. The number of amides is 1. The number of anilines is 1. The summed E-state index contributed by atoms with van der Waals surface area (Å²) in [6.45, 7) is 3.70. The lowest BCUT2D eigenvalue weighted by Crippen LogP contribution is -2.42. The summed E-state index contributed by atoms with van der Waals surface area (Å²) in [5.41, 5.74) is 0. The maximum atomic E-state index is 11.5. The highest BCUT2D eigenvalue weighted by Gasteiger charge is 2.23. The van der Waals surface area contributed by atoms with Crippen molar-refractivity contribution in [2.45, 2.75) is 25.8 Å². The van der Waals surface area contributed by atoms with Gasteiger partial charge in [-0.15, -0.1) is 5.10 Å². The molecule has 0 bridgehead atoms. The van der Waals surface area contributed by atoms with Crippen LogP contribution in [0.4, 0.5) is 10.6 Å². The van der Waals surface area contributed by atoms with Crippen LogP contribution in [0, 0.1) is 0 Å². The molecule has 1 aromatic rings. The zero-order chi connectivity index (χ0) is 13.0. The molecule has 2 heterocycles. The third-order valence-electron chi connectivity index (χ3n) is 3.09. The van der Waals surface area contributed by atoms with E-state index in [2.05, 4.69) is 15.6 Å². The number of rotatable bonds is 3. The van der Waals surface area contributed by atoms with E-state index in [0.29, 0.717) is 12.6 Å². The number of likely N-dealkylation sites (tertiary alicyclic amines) is 1. The van der Waals surface area contributed by atoms with Crippen LogP contribution in [0.3, 0.4) is 0 Å². The number of hydrogen-bond acceptors (Lipinski definition) is 5. The summed E-state index contributed by atoms with van der Waals surface area (Å²) in [4.78, 5) is 13.3. The fourth-order valence-electron chi connectivity index (χ4n) is 2.05. The summed E-state index contributed by atoms with van der Waals surface area (Å²) in [7, 11) is 1.85. The average molecular weight is 253 g/mol. The van der Waals surface area contributed by atoms with Crippen molar-refractivity contribution >= 4 is 11.9 Å². The Morgan fingerprint density at radius 2 is 2.28 bits per heavy atom. The maximum Gasteiger partial charge on any atom is 0.409 e. The summed E-state index contributed by atoms with van der Waals surface area (Å²) < 4.78 is 6.69. The Labute approximate surface area is 106 Å². The number of carbonyl (C=O) groups is 1. The van der Waals surface area contributed by atoms with Gasteiger partial charge in [0.05, 0.1) is 12.8 Å². The molecule has 0 radical (unpaired) electrons. The fourth-order valence-corrected chi connectivity index (χ4v) is 2.05. The molecule has 1 fully saturated rings. The van der Waals surface area contributed by atoms with Gasteiger partial charge in [0, 0.05) is 26.2 Å². The lowest BCUT2D eigenvalue weighted by molar-refractivity contribution is 0.0983. The molecule has 2 rings (SSSR count). The molecule has 0 saturated carbocycles. The van der Waals surface area contributed by atoms with Crippen molar-refractivity contribution in [2.75, 3.05) is 25.0 Å². The van der Waals surface area contributed by atoms with E-state index in [4.69, 9.17) is 4.74 Å². The molecule has 0 aliphatic carbocycles. The van der Waals surface area contributed by atoms with Gasteiger partial charge >= 0.3 is 6.09 Å². The van der Waals surface area contributed by atoms with E-state index >= 15 is 0 Å². The highest BCUT2D eigenvalue weighted by atomic mass is 16.6. The van der Waals surface area contributed by atoms with Crippen molar-refractivity contribution in [1.82, 2.24) is 19.9 Å². The Morgan fingerprint density at radius 3 is 2.83 bits per heavy atom. The standard InChI is InChI=1S/C11H19N5O2/c1-3-18-11(17)16-6-4-9(5-7-16)13-10-8-12-14-15(10)2/h8-9,13H,3-7H2,1-2H3. The SMILES string of the molecule is CCOC(=O)N1CCC(Nc2cnnn2C)CC1. The second-order valence-electron chi connectivity index (χ2n) is 4.35. The van der Waals surface area contributed by atoms with Crippen LogP contribution < -0.4 is 5.32 Å². The maximum absolute atomic E-state index is 11.5. The molecule has 1 aromatic heterocycles. The molecule has 1 amide bonds. The second-order valence-corrected chi connectivity index (χ2v) is 4.35. The van der Waals surface area contributed by atoms with E-state index in [-0.39, 0.29) is 6.09 Å². The molecule has 0 aromatic carbocycles.